The van der Waals surface area contributed by atoms with Gasteiger partial charge in [0.15, 0.2) is 0 Å². The molecule has 0 radical (unpaired) electrons. The van der Waals surface area contributed by atoms with Crippen LogP contribution in [0.4, 0.5) is 0 Å². The summed E-state index contributed by atoms with van der Waals surface area (Å²) in [4.78, 5) is 6.40. The normalized spacial score (nSPS) is 11.9. The number of ether oxygens (including phenoxy) is 1. The summed E-state index contributed by atoms with van der Waals surface area (Å²) in [5.74, 6) is 0.618. The van der Waals surface area contributed by atoms with Crippen LogP contribution in [-0.4, -0.2) is 41.3 Å². The second-order valence-electron chi connectivity index (χ2n) is 4.50. The molecule has 0 aliphatic heterocycles. The van der Waals surface area contributed by atoms with E-state index in [1.165, 1.54) is 0 Å². The van der Waals surface area contributed by atoms with E-state index in [1.54, 1.807) is 7.11 Å². The first-order valence-electron chi connectivity index (χ1n) is 5.31. The van der Waals surface area contributed by atoms with Crippen molar-refractivity contribution in [2.75, 3.05) is 20.8 Å². The summed E-state index contributed by atoms with van der Waals surface area (Å²) in [5.41, 5.74) is 0.688. The summed E-state index contributed by atoms with van der Waals surface area (Å²) in [6, 6.07) is 5.69. The van der Waals surface area contributed by atoms with Crippen molar-refractivity contribution in [3.05, 3.63) is 23.9 Å². The van der Waals surface area contributed by atoms with E-state index in [0.29, 0.717) is 12.4 Å². The minimum absolute atomic E-state index is 0.119. The summed E-state index contributed by atoms with van der Waals surface area (Å²) in [7, 11) is 3.57. The molecular formula is C12H20N2O2. The fourth-order valence-electron chi connectivity index (χ4n) is 1.24. The van der Waals surface area contributed by atoms with Crippen LogP contribution >= 0.6 is 0 Å². The Bertz CT molecular complexity index is 340. The number of likely N-dealkylation sites (N-methyl/N-ethyl adjacent to an activating group) is 1. The van der Waals surface area contributed by atoms with Gasteiger partial charge >= 0.3 is 0 Å². The van der Waals surface area contributed by atoms with Crippen molar-refractivity contribution in [2.24, 2.45) is 0 Å². The highest BCUT2D eigenvalue weighted by atomic mass is 16.5. The van der Waals surface area contributed by atoms with Gasteiger partial charge in [0.25, 0.3) is 0 Å². The predicted octanol–water partition coefficient (Wildman–Crippen LogP) is 1.29. The van der Waals surface area contributed by atoms with Gasteiger partial charge in [-0.05, 0) is 27.0 Å². The fraction of sp³-hybridized carbons (Fsp3) is 0.583. The molecule has 0 bridgehead atoms. The standard InChI is InChI=1S/C12H20N2O2/c1-12(2,9-15)14(3)8-10-6-5-7-11(13-10)16-4/h5-7,15H,8-9H2,1-4H3. The third-order valence-corrected chi connectivity index (χ3v) is 2.81. The third-order valence-electron chi connectivity index (χ3n) is 2.81. The number of pyridine rings is 1. The molecule has 0 saturated heterocycles. The molecule has 0 atom stereocenters. The molecule has 16 heavy (non-hydrogen) atoms. The molecule has 0 aliphatic rings. The van der Waals surface area contributed by atoms with E-state index in [4.69, 9.17) is 4.74 Å². The number of nitrogens with zero attached hydrogens (tertiary/aromatic N) is 2. The Morgan fingerprint density at radius 2 is 2.12 bits per heavy atom. The summed E-state index contributed by atoms with van der Waals surface area (Å²) >= 11 is 0. The van der Waals surface area contributed by atoms with Gasteiger partial charge in [0, 0.05) is 18.2 Å². The quantitative estimate of drug-likeness (QED) is 0.818. The maximum atomic E-state index is 9.26. The Kier molecular flexibility index (Phi) is 4.26. The first kappa shape index (κ1) is 12.9. The van der Waals surface area contributed by atoms with E-state index in [-0.39, 0.29) is 12.1 Å². The maximum Gasteiger partial charge on any atom is 0.213 e. The average Bonchev–Trinajstić information content (AvgIpc) is 2.29. The molecule has 90 valence electrons. The SMILES string of the molecule is COc1cccc(CN(C)C(C)(C)CO)n1. The Morgan fingerprint density at radius 3 is 2.69 bits per heavy atom. The Hall–Kier alpha value is -1.13. The second kappa shape index (κ2) is 5.27. The van der Waals surface area contributed by atoms with Gasteiger partial charge in [-0.2, -0.15) is 0 Å². The minimum Gasteiger partial charge on any atom is -0.481 e. The molecule has 4 nitrogen and oxygen atoms in total. The van der Waals surface area contributed by atoms with Crippen LogP contribution in [0.3, 0.4) is 0 Å². The molecule has 1 aromatic heterocycles. The highest BCUT2D eigenvalue weighted by molar-refractivity contribution is 5.15. The lowest BCUT2D eigenvalue weighted by Gasteiger charge is -2.33. The van der Waals surface area contributed by atoms with Gasteiger partial charge in [-0.3, -0.25) is 4.90 Å². The third kappa shape index (κ3) is 3.18. The molecule has 0 spiro atoms. The first-order chi connectivity index (χ1) is 7.49. The number of hydrogen-bond acceptors (Lipinski definition) is 4. The lowest BCUT2D eigenvalue weighted by Crippen LogP contribution is -2.43. The van der Waals surface area contributed by atoms with Crippen molar-refractivity contribution < 1.29 is 9.84 Å². The van der Waals surface area contributed by atoms with Crippen LogP contribution in [-0.2, 0) is 6.54 Å². The molecule has 1 aromatic rings. The summed E-state index contributed by atoms with van der Waals surface area (Å²) < 4.78 is 5.07. The highest BCUT2D eigenvalue weighted by Gasteiger charge is 2.22. The van der Waals surface area contributed by atoms with Crippen LogP contribution in [0.1, 0.15) is 19.5 Å². The highest BCUT2D eigenvalue weighted by Crippen LogP contribution is 2.15. The van der Waals surface area contributed by atoms with Crippen molar-refractivity contribution >= 4 is 0 Å². The van der Waals surface area contributed by atoms with E-state index >= 15 is 0 Å². The van der Waals surface area contributed by atoms with E-state index in [1.807, 2.05) is 39.1 Å². The van der Waals surface area contributed by atoms with Gasteiger partial charge in [0.1, 0.15) is 0 Å². The molecular weight excluding hydrogens is 204 g/mol. The summed E-state index contributed by atoms with van der Waals surface area (Å²) in [5, 5.41) is 9.26. The lowest BCUT2D eigenvalue weighted by atomic mass is 10.1. The Balaban J connectivity index is 2.72. The number of aromatic nitrogens is 1. The van der Waals surface area contributed by atoms with Crippen molar-refractivity contribution in [1.82, 2.24) is 9.88 Å². The van der Waals surface area contributed by atoms with Crippen molar-refractivity contribution in [1.29, 1.82) is 0 Å². The first-order valence-corrected chi connectivity index (χ1v) is 5.31. The van der Waals surface area contributed by atoms with E-state index in [2.05, 4.69) is 9.88 Å². The maximum absolute atomic E-state index is 9.26. The molecule has 4 heteroatoms. The number of methoxy groups -OCH3 is 1. The number of rotatable bonds is 5. The van der Waals surface area contributed by atoms with Crippen LogP contribution in [0, 0.1) is 0 Å². The molecule has 0 fully saturated rings. The average molecular weight is 224 g/mol. The smallest absolute Gasteiger partial charge is 0.213 e. The Morgan fingerprint density at radius 1 is 1.44 bits per heavy atom. The largest absolute Gasteiger partial charge is 0.481 e. The molecule has 1 N–H and O–H groups in total. The number of hydrogen-bond donors (Lipinski definition) is 1. The van der Waals surface area contributed by atoms with Gasteiger partial charge in [0.2, 0.25) is 5.88 Å². The molecule has 1 rings (SSSR count). The topological polar surface area (TPSA) is 45.6 Å². The van der Waals surface area contributed by atoms with Gasteiger partial charge in [-0.1, -0.05) is 6.07 Å². The zero-order valence-corrected chi connectivity index (χ0v) is 10.4. The summed E-state index contributed by atoms with van der Waals surface area (Å²) in [6.07, 6.45) is 0. The van der Waals surface area contributed by atoms with Crippen LogP contribution in [0.25, 0.3) is 0 Å². The number of aliphatic hydroxyl groups is 1. The monoisotopic (exact) mass is 224 g/mol. The van der Waals surface area contributed by atoms with E-state index in [0.717, 1.165) is 5.69 Å². The minimum atomic E-state index is -0.245. The number of aliphatic hydroxyl groups excluding tert-OH is 1. The van der Waals surface area contributed by atoms with Crippen LogP contribution in [0.15, 0.2) is 18.2 Å². The molecule has 0 unspecified atom stereocenters. The molecule has 0 saturated carbocycles. The van der Waals surface area contributed by atoms with E-state index in [9.17, 15) is 5.11 Å². The molecule has 0 aliphatic carbocycles. The van der Waals surface area contributed by atoms with Crippen molar-refractivity contribution in [3.8, 4) is 5.88 Å². The van der Waals surface area contributed by atoms with Gasteiger partial charge in [-0.25, -0.2) is 4.98 Å². The lowest BCUT2D eigenvalue weighted by molar-refractivity contribution is 0.0723. The van der Waals surface area contributed by atoms with Crippen molar-refractivity contribution in [2.45, 2.75) is 25.9 Å². The fourth-order valence-corrected chi connectivity index (χ4v) is 1.24. The molecule has 1 heterocycles. The van der Waals surface area contributed by atoms with Crippen LogP contribution in [0.2, 0.25) is 0 Å². The van der Waals surface area contributed by atoms with Gasteiger partial charge in [0.05, 0.1) is 19.4 Å². The predicted molar refractivity (Wildman–Crippen MR) is 63.4 cm³/mol. The Labute approximate surface area is 96.9 Å². The summed E-state index contributed by atoms with van der Waals surface area (Å²) in [6.45, 7) is 4.79. The van der Waals surface area contributed by atoms with Crippen LogP contribution < -0.4 is 4.74 Å². The van der Waals surface area contributed by atoms with Gasteiger partial charge < -0.3 is 9.84 Å². The van der Waals surface area contributed by atoms with Gasteiger partial charge in [-0.15, -0.1) is 0 Å². The van der Waals surface area contributed by atoms with Crippen LogP contribution in [0.5, 0.6) is 5.88 Å². The van der Waals surface area contributed by atoms with Crippen molar-refractivity contribution in [3.63, 3.8) is 0 Å². The molecule has 0 aromatic carbocycles. The second-order valence-corrected chi connectivity index (χ2v) is 4.50. The molecule has 0 amide bonds. The zero-order valence-electron chi connectivity index (χ0n) is 10.4. The zero-order chi connectivity index (χ0) is 12.2. The van der Waals surface area contributed by atoms with E-state index < -0.39 is 0 Å².